The molecule has 1 radical (unpaired) electrons. The molecule has 0 saturated carbocycles. The fraction of sp³-hybridized carbons (Fsp3) is 0.529. The van der Waals surface area contributed by atoms with Gasteiger partial charge in [-0.15, -0.1) is 0 Å². The molecule has 0 amide bonds. The van der Waals surface area contributed by atoms with Crippen molar-refractivity contribution >= 4 is 15.1 Å². The van der Waals surface area contributed by atoms with Gasteiger partial charge in [-0.1, -0.05) is 65.8 Å². The Morgan fingerprint density at radius 1 is 0.947 bits per heavy atom. The molecule has 0 aliphatic heterocycles. The van der Waals surface area contributed by atoms with E-state index in [1.165, 1.54) is 11.1 Å². The van der Waals surface area contributed by atoms with Gasteiger partial charge in [0.15, 0.2) is 0 Å². The molecule has 105 valence electrons. The number of aryl methyl sites for hydroxylation is 1. The predicted molar refractivity (Wildman–Crippen MR) is 86.5 cm³/mol. The third kappa shape index (κ3) is 4.87. The van der Waals surface area contributed by atoms with Gasteiger partial charge in [-0.25, -0.2) is 0 Å². The van der Waals surface area contributed by atoms with Crippen molar-refractivity contribution in [2.24, 2.45) is 0 Å². The molecule has 0 spiro atoms. The van der Waals surface area contributed by atoms with Crippen LogP contribution in [0.1, 0.15) is 52.7 Å². The standard InChI is InChI=1S/C17H27OSi/c1-14-10-8-9-11-15(14)12-13-18-19(16(2,3)4)17(5,6)7/h8-13H,1-7H3. The topological polar surface area (TPSA) is 9.23 Å². The van der Waals surface area contributed by atoms with Gasteiger partial charge in [-0.3, -0.25) is 0 Å². The maximum absolute atomic E-state index is 6.15. The van der Waals surface area contributed by atoms with E-state index in [1.807, 2.05) is 6.26 Å². The molecule has 1 aromatic carbocycles. The van der Waals surface area contributed by atoms with Crippen molar-refractivity contribution < 1.29 is 4.43 Å². The van der Waals surface area contributed by atoms with Gasteiger partial charge in [0.2, 0.25) is 0 Å². The molecular weight excluding hydrogens is 248 g/mol. The van der Waals surface area contributed by atoms with E-state index < -0.39 is 9.04 Å². The van der Waals surface area contributed by atoms with E-state index in [9.17, 15) is 0 Å². The summed E-state index contributed by atoms with van der Waals surface area (Å²) in [6.45, 7) is 15.8. The van der Waals surface area contributed by atoms with Crippen LogP contribution in [0.4, 0.5) is 0 Å². The maximum Gasteiger partial charge on any atom is 0.291 e. The van der Waals surface area contributed by atoms with E-state index in [1.54, 1.807) is 0 Å². The van der Waals surface area contributed by atoms with Gasteiger partial charge in [-0.05, 0) is 34.2 Å². The Labute approximate surface area is 120 Å². The van der Waals surface area contributed by atoms with Gasteiger partial charge in [-0.2, -0.15) is 0 Å². The molecule has 0 bridgehead atoms. The lowest BCUT2D eigenvalue weighted by molar-refractivity contribution is 0.412. The SMILES string of the molecule is Cc1ccccc1C=CO[Si](C(C)(C)C)C(C)(C)C. The molecule has 0 aliphatic rings. The minimum atomic E-state index is -0.945. The highest BCUT2D eigenvalue weighted by Crippen LogP contribution is 2.42. The average molecular weight is 275 g/mol. The van der Waals surface area contributed by atoms with E-state index in [4.69, 9.17) is 4.43 Å². The van der Waals surface area contributed by atoms with Gasteiger partial charge in [0.1, 0.15) is 0 Å². The second kappa shape index (κ2) is 5.95. The summed E-state index contributed by atoms with van der Waals surface area (Å²) in [6.07, 6.45) is 3.98. The van der Waals surface area contributed by atoms with E-state index in [2.05, 4.69) is 78.8 Å². The highest BCUT2D eigenvalue weighted by atomic mass is 28.3. The summed E-state index contributed by atoms with van der Waals surface area (Å²) < 4.78 is 6.15. The van der Waals surface area contributed by atoms with Gasteiger partial charge in [0.25, 0.3) is 9.04 Å². The van der Waals surface area contributed by atoms with Crippen molar-refractivity contribution in [3.05, 3.63) is 41.7 Å². The average Bonchev–Trinajstić information content (AvgIpc) is 2.23. The van der Waals surface area contributed by atoms with Crippen LogP contribution in [0.25, 0.3) is 6.08 Å². The lowest BCUT2D eigenvalue weighted by atomic mass is 10.1. The van der Waals surface area contributed by atoms with Crippen LogP contribution in [0.2, 0.25) is 10.1 Å². The first-order valence-corrected chi connectivity index (χ1v) is 8.30. The molecule has 0 aromatic heterocycles. The summed E-state index contributed by atoms with van der Waals surface area (Å²) in [5, 5.41) is 0.442. The Morgan fingerprint density at radius 2 is 1.47 bits per heavy atom. The van der Waals surface area contributed by atoms with Crippen molar-refractivity contribution in [1.29, 1.82) is 0 Å². The molecule has 0 atom stereocenters. The number of benzene rings is 1. The monoisotopic (exact) mass is 275 g/mol. The smallest absolute Gasteiger partial charge is 0.291 e. The zero-order chi connectivity index (χ0) is 14.7. The van der Waals surface area contributed by atoms with Crippen LogP contribution in [-0.2, 0) is 4.43 Å². The van der Waals surface area contributed by atoms with Gasteiger partial charge < -0.3 is 4.43 Å². The van der Waals surface area contributed by atoms with E-state index in [0.29, 0.717) is 0 Å². The fourth-order valence-electron chi connectivity index (χ4n) is 2.43. The highest BCUT2D eigenvalue weighted by molar-refractivity contribution is 6.58. The number of rotatable bonds is 3. The summed E-state index contributed by atoms with van der Waals surface area (Å²) in [5.41, 5.74) is 2.51. The summed E-state index contributed by atoms with van der Waals surface area (Å²) in [6, 6.07) is 8.37. The molecule has 0 saturated heterocycles. The van der Waals surface area contributed by atoms with Crippen LogP contribution in [0.15, 0.2) is 30.5 Å². The first-order valence-electron chi connectivity index (χ1n) is 6.89. The van der Waals surface area contributed by atoms with Crippen LogP contribution in [0.5, 0.6) is 0 Å². The maximum atomic E-state index is 6.15. The first-order chi connectivity index (χ1) is 8.62. The zero-order valence-electron chi connectivity index (χ0n) is 13.4. The third-order valence-electron chi connectivity index (χ3n) is 2.98. The Hall–Kier alpha value is -1.02. The molecule has 1 aromatic rings. The minimum Gasteiger partial charge on any atom is -0.546 e. The molecule has 2 heteroatoms. The first kappa shape index (κ1) is 16.0. The Bertz CT molecular complexity index is 421. The van der Waals surface area contributed by atoms with Gasteiger partial charge >= 0.3 is 0 Å². The molecule has 1 nitrogen and oxygen atoms in total. The molecule has 0 fully saturated rings. The van der Waals surface area contributed by atoms with Crippen molar-refractivity contribution in [3.8, 4) is 0 Å². The predicted octanol–water partition coefficient (Wildman–Crippen LogP) is 5.57. The van der Waals surface area contributed by atoms with Crippen LogP contribution in [-0.4, -0.2) is 9.04 Å². The fourth-order valence-corrected chi connectivity index (χ4v) is 5.59. The van der Waals surface area contributed by atoms with Gasteiger partial charge in [0.05, 0.1) is 6.26 Å². The summed E-state index contributed by atoms with van der Waals surface area (Å²) in [5.74, 6) is 0. The second-order valence-electron chi connectivity index (χ2n) is 7.11. The summed E-state index contributed by atoms with van der Waals surface area (Å²) in [4.78, 5) is 0. The van der Waals surface area contributed by atoms with Crippen LogP contribution < -0.4 is 0 Å². The quantitative estimate of drug-likeness (QED) is 0.517. The van der Waals surface area contributed by atoms with Crippen molar-refractivity contribution in [2.75, 3.05) is 0 Å². The van der Waals surface area contributed by atoms with E-state index >= 15 is 0 Å². The lowest BCUT2D eigenvalue weighted by Crippen LogP contribution is -2.36. The van der Waals surface area contributed by atoms with Crippen molar-refractivity contribution in [2.45, 2.75) is 58.5 Å². The normalized spacial score (nSPS) is 13.3. The molecule has 1 rings (SSSR count). The minimum absolute atomic E-state index is 0.221. The van der Waals surface area contributed by atoms with Crippen LogP contribution >= 0.6 is 0 Å². The molecule has 0 N–H and O–H groups in total. The molecule has 0 heterocycles. The molecule has 19 heavy (non-hydrogen) atoms. The molecule has 0 unspecified atom stereocenters. The lowest BCUT2D eigenvalue weighted by Gasteiger charge is -2.36. The van der Waals surface area contributed by atoms with Gasteiger partial charge in [0, 0.05) is 0 Å². The Balaban J connectivity index is 2.81. The Kier molecular flexibility index (Phi) is 5.02. The largest absolute Gasteiger partial charge is 0.546 e. The third-order valence-corrected chi connectivity index (χ3v) is 6.08. The van der Waals surface area contributed by atoms with E-state index in [0.717, 1.165) is 0 Å². The number of hydrogen-bond acceptors (Lipinski definition) is 1. The van der Waals surface area contributed by atoms with Crippen molar-refractivity contribution in [1.82, 2.24) is 0 Å². The van der Waals surface area contributed by atoms with Crippen LogP contribution in [0, 0.1) is 6.92 Å². The highest BCUT2D eigenvalue weighted by Gasteiger charge is 2.40. The molecule has 0 aliphatic carbocycles. The Morgan fingerprint density at radius 3 is 1.95 bits per heavy atom. The van der Waals surface area contributed by atoms with E-state index in [-0.39, 0.29) is 10.1 Å². The van der Waals surface area contributed by atoms with Crippen LogP contribution in [0.3, 0.4) is 0 Å². The zero-order valence-corrected chi connectivity index (χ0v) is 14.4. The summed E-state index contributed by atoms with van der Waals surface area (Å²) >= 11 is 0. The van der Waals surface area contributed by atoms with Crippen molar-refractivity contribution in [3.63, 3.8) is 0 Å². The molecular formula is C17H27OSi. The summed E-state index contributed by atoms with van der Waals surface area (Å²) in [7, 11) is -0.945. The second-order valence-corrected chi connectivity index (χ2v) is 11.0. The number of hydrogen-bond donors (Lipinski definition) is 0.